The van der Waals surface area contributed by atoms with E-state index < -0.39 is 0 Å². The molecule has 5 rings (SSSR count). The van der Waals surface area contributed by atoms with Crippen molar-refractivity contribution < 1.29 is 8.83 Å². The van der Waals surface area contributed by atoms with Gasteiger partial charge in [0.15, 0.2) is 5.58 Å². The SMILES string of the molecule is Cc1cc(=O)oc2c1ccc1c2[nH]c2c(C)cc3oc(=O)cc(C)c3c21. The quantitative estimate of drug-likeness (QED) is 0.420. The van der Waals surface area contributed by atoms with E-state index in [2.05, 4.69) is 4.98 Å². The fourth-order valence-corrected chi connectivity index (χ4v) is 3.92. The second kappa shape index (κ2) is 4.85. The second-order valence-electron chi connectivity index (χ2n) is 6.80. The monoisotopic (exact) mass is 345 g/mol. The predicted octanol–water partition coefficient (Wildman–Crippen LogP) is 4.46. The number of rotatable bonds is 0. The van der Waals surface area contributed by atoms with Gasteiger partial charge >= 0.3 is 11.3 Å². The van der Waals surface area contributed by atoms with Crippen LogP contribution < -0.4 is 11.3 Å². The first-order valence-electron chi connectivity index (χ1n) is 8.37. The lowest BCUT2D eigenvalue weighted by atomic mass is 10.0. The van der Waals surface area contributed by atoms with Crippen molar-refractivity contribution in [3.05, 3.63) is 67.9 Å². The molecule has 0 aliphatic rings. The highest BCUT2D eigenvalue weighted by molar-refractivity contribution is 6.24. The average Bonchev–Trinajstić information content (AvgIpc) is 2.94. The maximum Gasteiger partial charge on any atom is 0.336 e. The first-order chi connectivity index (χ1) is 12.4. The van der Waals surface area contributed by atoms with Crippen LogP contribution in [-0.2, 0) is 0 Å². The Morgan fingerprint density at radius 1 is 0.731 bits per heavy atom. The first-order valence-corrected chi connectivity index (χ1v) is 8.37. The van der Waals surface area contributed by atoms with E-state index in [1.807, 2.05) is 39.0 Å². The Balaban J connectivity index is 2.14. The molecular formula is C21H15NO4. The zero-order valence-electron chi connectivity index (χ0n) is 14.5. The number of H-pyrrole nitrogens is 1. The third kappa shape index (κ3) is 1.85. The summed E-state index contributed by atoms with van der Waals surface area (Å²) in [6.07, 6.45) is 0. The third-order valence-corrected chi connectivity index (χ3v) is 5.07. The molecule has 26 heavy (non-hydrogen) atoms. The van der Waals surface area contributed by atoms with Crippen LogP contribution in [0.1, 0.15) is 16.7 Å². The minimum Gasteiger partial charge on any atom is -0.423 e. The van der Waals surface area contributed by atoms with Crippen LogP contribution in [0, 0.1) is 20.8 Å². The van der Waals surface area contributed by atoms with E-state index in [9.17, 15) is 9.59 Å². The van der Waals surface area contributed by atoms with Crippen LogP contribution >= 0.6 is 0 Å². The second-order valence-corrected chi connectivity index (χ2v) is 6.80. The van der Waals surface area contributed by atoms with Gasteiger partial charge in [0.05, 0.1) is 11.0 Å². The zero-order chi connectivity index (χ0) is 18.2. The van der Waals surface area contributed by atoms with Crippen LogP contribution in [-0.4, -0.2) is 4.98 Å². The van der Waals surface area contributed by atoms with Crippen LogP contribution in [0.2, 0.25) is 0 Å². The maximum atomic E-state index is 11.9. The highest BCUT2D eigenvalue weighted by atomic mass is 16.4. The van der Waals surface area contributed by atoms with Gasteiger partial charge < -0.3 is 13.8 Å². The van der Waals surface area contributed by atoms with Crippen LogP contribution in [0.15, 0.2) is 48.8 Å². The summed E-state index contributed by atoms with van der Waals surface area (Å²) in [7, 11) is 0. The molecule has 0 unspecified atom stereocenters. The number of aryl methyl sites for hydroxylation is 3. The van der Waals surface area contributed by atoms with Crippen molar-refractivity contribution in [1.29, 1.82) is 0 Å². The molecule has 5 heteroatoms. The van der Waals surface area contributed by atoms with Gasteiger partial charge in [0, 0.05) is 33.7 Å². The highest BCUT2D eigenvalue weighted by Crippen LogP contribution is 2.38. The standard InChI is InChI=1S/C21H15NO4/c1-9-7-16(24)26-21-12(9)4-5-13-18-17-10(2)8-15(23)25-14(17)6-11(3)19(18)22-20(13)21/h4-8,22H,1-3H3. The summed E-state index contributed by atoms with van der Waals surface area (Å²) in [5, 5.41) is 3.70. The van der Waals surface area contributed by atoms with Gasteiger partial charge in [-0.1, -0.05) is 12.1 Å². The number of benzene rings is 2. The van der Waals surface area contributed by atoms with Gasteiger partial charge in [-0.05, 0) is 43.5 Å². The Morgan fingerprint density at radius 2 is 1.42 bits per heavy atom. The lowest BCUT2D eigenvalue weighted by Crippen LogP contribution is -1.98. The number of hydrogen-bond acceptors (Lipinski definition) is 4. The molecule has 0 radical (unpaired) electrons. The van der Waals surface area contributed by atoms with Crippen molar-refractivity contribution in [3.63, 3.8) is 0 Å². The highest BCUT2D eigenvalue weighted by Gasteiger charge is 2.17. The molecule has 0 saturated heterocycles. The Labute approximate surface area is 146 Å². The molecule has 128 valence electrons. The number of aromatic amines is 1. The van der Waals surface area contributed by atoms with E-state index in [4.69, 9.17) is 8.83 Å². The summed E-state index contributed by atoms with van der Waals surface area (Å²) in [5.41, 5.74) is 4.79. The molecule has 5 aromatic rings. The normalized spacial score (nSPS) is 12.0. The molecule has 0 fully saturated rings. The molecule has 1 N–H and O–H groups in total. The van der Waals surface area contributed by atoms with E-state index in [1.54, 1.807) is 0 Å². The van der Waals surface area contributed by atoms with Gasteiger partial charge in [-0.3, -0.25) is 0 Å². The summed E-state index contributed by atoms with van der Waals surface area (Å²) in [6.45, 7) is 5.76. The van der Waals surface area contributed by atoms with Crippen LogP contribution in [0.5, 0.6) is 0 Å². The molecule has 0 aliphatic heterocycles. The maximum absolute atomic E-state index is 11.9. The van der Waals surface area contributed by atoms with Crippen molar-refractivity contribution in [2.45, 2.75) is 20.8 Å². The molecule has 0 saturated carbocycles. The van der Waals surface area contributed by atoms with E-state index in [0.717, 1.165) is 49.3 Å². The molecule has 0 bridgehead atoms. The van der Waals surface area contributed by atoms with Crippen molar-refractivity contribution >= 4 is 43.7 Å². The Hall–Kier alpha value is -3.34. The number of fused-ring (bicyclic) bond motifs is 7. The van der Waals surface area contributed by atoms with Gasteiger partial charge in [0.1, 0.15) is 5.58 Å². The first kappa shape index (κ1) is 15.0. The van der Waals surface area contributed by atoms with Gasteiger partial charge in [-0.25, -0.2) is 9.59 Å². The van der Waals surface area contributed by atoms with Crippen LogP contribution in [0.4, 0.5) is 0 Å². The summed E-state index contributed by atoms with van der Waals surface area (Å²) in [6, 6.07) is 8.85. The van der Waals surface area contributed by atoms with E-state index >= 15 is 0 Å². The summed E-state index contributed by atoms with van der Waals surface area (Å²) < 4.78 is 11.0. The Bertz CT molecular complexity index is 1500. The molecule has 0 spiro atoms. The van der Waals surface area contributed by atoms with E-state index in [1.165, 1.54) is 12.1 Å². The average molecular weight is 345 g/mol. The van der Waals surface area contributed by atoms with E-state index in [0.29, 0.717) is 11.2 Å². The minimum atomic E-state index is -0.370. The fraction of sp³-hybridized carbons (Fsp3) is 0.143. The third-order valence-electron chi connectivity index (χ3n) is 5.07. The molecule has 2 aromatic carbocycles. The Kier molecular flexibility index (Phi) is 2.79. The summed E-state index contributed by atoms with van der Waals surface area (Å²) >= 11 is 0. The number of hydrogen-bond donors (Lipinski definition) is 1. The van der Waals surface area contributed by atoms with Crippen molar-refractivity contribution in [3.8, 4) is 0 Å². The lowest BCUT2D eigenvalue weighted by molar-refractivity contribution is 0.560. The van der Waals surface area contributed by atoms with Crippen molar-refractivity contribution in [2.24, 2.45) is 0 Å². The lowest BCUT2D eigenvalue weighted by Gasteiger charge is -2.05. The molecule has 0 aliphatic carbocycles. The molecular weight excluding hydrogens is 330 g/mol. The number of nitrogens with one attached hydrogen (secondary N) is 1. The zero-order valence-corrected chi connectivity index (χ0v) is 14.5. The fourth-order valence-electron chi connectivity index (χ4n) is 3.92. The van der Waals surface area contributed by atoms with Gasteiger partial charge in [0.25, 0.3) is 0 Å². The van der Waals surface area contributed by atoms with Crippen LogP contribution in [0.3, 0.4) is 0 Å². The molecule has 3 heterocycles. The van der Waals surface area contributed by atoms with Gasteiger partial charge in [-0.15, -0.1) is 0 Å². The topological polar surface area (TPSA) is 76.2 Å². The predicted molar refractivity (Wildman–Crippen MR) is 102 cm³/mol. The molecule has 3 aromatic heterocycles. The van der Waals surface area contributed by atoms with Crippen molar-refractivity contribution in [1.82, 2.24) is 4.98 Å². The Morgan fingerprint density at radius 3 is 2.23 bits per heavy atom. The van der Waals surface area contributed by atoms with Crippen LogP contribution in [0.25, 0.3) is 43.7 Å². The largest absolute Gasteiger partial charge is 0.423 e. The minimum absolute atomic E-state index is 0.360. The summed E-state index contributed by atoms with van der Waals surface area (Å²) in [5.74, 6) is 0. The van der Waals surface area contributed by atoms with Gasteiger partial charge in [0.2, 0.25) is 0 Å². The smallest absolute Gasteiger partial charge is 0.336 e. The number of aromatic nitrogens is 1. The van der Waals surface area contributed by atoms with Crippen molar-refractivity contribution in [2.75, 3.05) is 0 Å². The van der Waals surface area contributed by atoms with Gasteiger partial charge in [-0.2, -0.15) is 0 Å². The molecule has 5 nitrogen and oxygen atoms in total. The molecule has 0 atom stereocenters. The molecule has 0 amide bonds. The van der Waals surface area contributed by atoms with E-state index in [-0.39, 0.29) is 11.3 Å². The summed E-state index contributed by atoms with van der Waals surface area (Å²) in [4.78, 5) is 27.1.